The summed E-state index contributed by atoms with van der Waals surface area (Å²) in [5.41, 5.74) is 5.38. The number of hydrogen-bond donors (Lipinski definition) is 3. The van der Waals surface area contributed by atoms with Crippen molar-refractivity contribution >= 4 is 55.7 Å². The Labute approximate surface area is 211 Å². The van der Waals surface area contributed by atoms with Crippen LogP contribution in [0.15, 0.2) is 60.2 Å². The molecule has 0 radical (unpaired) electrons. The van der Waals surface area contributed by atoms with Crippen molar-refractivity contribution in [1.29, 1.82) is 0 Å². The highest BCUT2D eigenvalue weighted by atomic mass is 32.1. The van der Waals surface area contributed by atoms with Gasteiger partial charge in [-0.2, -0.15) is 15.0 Å². The van der Waals surface area contributed by atoms with Gasteiger partial charge in [0.2, 0.25) is 11.9 Å². The number of nitrogens with zero attached hydrogens (tertiary/aromatic N) is 7. The lowest BCUT2D eigenvalue weighted by molar-refractivity contribution is 0.247. The average Bonchev–Trinajstić information content (AvgIpc) is 3.37. The number of aromatic hydroxyl groups is 1. The van der Waals surface area contributed by atoms with Crippen LogP contribution in [0.25, 0.3) is 21.1 Å². The standard InChI is InChI=1S/C25H25N9OS/c35-25-31-23(29-17-6-7-20-22(15-17)36-16-28-20)30-24(32-25)34(14-13-33-11-9-26-10-12-33)21-5-1-4-19-18(21)3-2-8-27-19/h1-8,15-16,26H,9-14H2,(H2,29,30,31,32,35). The lowest BCUT2D eigenvalue weighted by Crippen LogP contribution is -2.46. The van der Waals surface area contributed by atoms with E-state index in [2.05, 4.69) is 35.5 Å². The van der Waals surface area contributed by atoms with Crippen LogP contribution in [0.4, 0.5) is 23.3 Å². The predicted molar refractivity (Wildman–Crippen MR) is 142 cm³/mol. The van der Waals surface area contributed by atoms with E-state index in [0.717, 1.165) is 65.2 Å². The van der Waals surface area contributed by atoms with E-state index in [0.29, 0.717) is 12.5 Å². The van der Waals surface area contributed by atoms with Crippen LogP contribution >= 0.6 is 11.3 Å². The summed E-state index contributed by atoms with van der Waals surface area (Å²) < 4.78 is 1.06. The summed E-state index contributed by atoms with van der Waals surface area (Å²) in [4.78, 5) is 26.5. The van der Waals surface area contributed by atoms with E-state index in [4.69, 9.17) is 4.98 Å². The van der Waals surface area contributed by atoms with E-state index >= 15 is 0 Å². The normalized spacial score (nSPS) is 14.3. The van der Waals surface area contributed by atoms with Crippen molar-refractivity contribution < 1.29 is 5.11 Å². The molecule has 182 valence electrons. The van der Waals surface area contributed by atoms with E-state index in [1.807, 2.05) is 58.9 Å². The third kappa shape index (κ3) is 4.76. The molecule has 1 saturated heterocycles. The lowest BCUT2D eigenvalue weighted by Gasteiger charge is -2.31. The van der Waals surface area contributed by atoms with Crippen LogP contribution in [-0.4, -0.2) is 74.2 Å². The molecular weight excluding hydrogens is 474 g/mol. The molecule has 11 heteroatoms. The van der Waals surface area contributed by atoms with Crippen LogP contribution in [-0.2, 0) is 0 Å². The summed E-state index contributed by atoms with van der Waals surface area (Å²) in [6.45, 7) is 5.39. The minimum atomic E-state index is -0.341. The van der Waals surface area contributed by atoms with Gasteiger partial charge in [0.05, 0.1) is 26.9 Å². The summed E-state index contributed by atoms with van der Waals surface area (Å²) in [6.07, 6.45) is 1.79. The van der Waals surface area contributed by atoms with Crippen molar-refractivity contribution in [2.45, 2.75) is 0 Å². The van der Waals surface area contributed by atoms with Crippen LogP contribution in [0.2, 0.25) is 0 Å². The summed E-state index contributed by atoms with van der Waals surface area (Å²) in [7, 11) is 0. The number of hydrogen-bond acceptors (Lipinski definition) is 11. The molecule has 0 amide bonds. The van der Waals surface area contributed by atoms with Gasteiger partial charge in [-0.3, -0.25) is 9.88 Å². The molecular formula is C25H25N9OS. The molecule has 2 aromatic carbocycles. The number of pyridine rings is 1. The molecule has 4 heterocycles. The number of piperazine rings is 1. The largest absolute Gasteiger partial charge is 0.479 e. The lowest BCUT2D eigenvalue weighted by atomic mass is 10.1. The van der Waals surface area contributed by atoms with E-state index < -0.39 is 0 Å². The van der Waals surface area contributed by atoms with E-state index in [9.17, 15) is 5.11 Å². The van der Waals surface area contributed by atoms with Crippen molar-refractivity contribution in [3.05, 3.63) is 60.2 Å². The van der Waals surface area contributed by atoms with Gasteiger partial charge in [0.25, 0.3) is 0 Å². The average molecular weight is 500 g/mol. The summed E-state index contributed by atoms with van der Waals surface area (Å²) in [5.74, 6) is 0.641. The highest BCUT2D eigenvalue weighted by Gasteiger charge is 2.20. The van der Waals surface area contributed by atoms with Crippen LogP contribution in [0, 0.1) is 0 Å². The monoisotopic (exact) mass is 499 g/mol. The van der Waals surface area contributed by atoms with Crippen LogP contribution in [0.3, 0.4) is 0 Å². The Morgan fingerprint density at radius 1 is 1.00 bits per heavy atom. The number of nitrogens with one attached hydrogen (secondary N) is 2. The first-order chi connectivity index (χ1) is 17.7. The molecule has 0 saturated carbocycles. The zero-order chi connectivity index (χ0) is 24.3. The predicted octanol–water partition coefficient (Wildman–Crippen LogP) is 3.52. The zero-order valence-electron chi connectivity index (χ0n) is 19.5. The molecule has 0 atom stereocenters. The Bertz CT molecular complexity index is 1500. The molecule has 3 aromatic heterocycles. The Kier molecular flexibility index (Phi) is 6.24. The number of thiazole rings is 1. The van der Waals surface area contributed by atoms with Gasteiger partial charge in [0.1, 0.15) is 0 Å². The Balaban J connectivity index is 1.36. The number of aromatic nitrogens is 5. The molecule has 0 spiro atoms. The van der Waals surface area contributed by atoms with Gasteiger partial charge in [-0.25, -0.2) is 4.98 Å². The Morgan fingerprint density at radius 2 is 1.92 bits per heavy atom. The number of rotatable bonds is 7. The van der Waals surface area contributed by atoms with E-state index in [-0.39, 0.29) is 12.0 Å². The maximum Gasteiger partial charge on any atom is 0.320 e. The minimum Gasteiger partial charge on any atom is -0.479 e. The molecule has 0 unspecified atom stereocenters. The van der Waals surface area contributed by atoms with E-state index in [1.54, 1.807) is 17.5 Å². The fourth-order valence-electron chi connectivity index (χ4n) is 4.42. The first-order valence-electron chi connectivity index (χ1n) is 11.8. The number of benzene rings is 2. The molecule has 6 rings (SSSR count). The second-order valence-corrected chi connectivity index (χ2v) is 9.40. The van der Waals surface area contributed by atoms with Gasteiger partial charge in [0.15, 0.2) is 0 Å². The van der Waals surface area contributed by atoms with Gasteiger partial charge >= 0.3 is 6.01 Å². The third-order valence-electron chi connectivity index (χ3n) is 6.20. The van der Waals surface area contributed by atoms with Crippen molar-refractivity contribution in [1.82, 2.24) is 35.1 Å². The molecule has 1 fully saturated rings. The topological polar surface area (TPSA) is 115 Å². The Hall–Kier alpha value is -3.93. The molecule has 1 aliphatic rings. The Morgan fingerprint density at radius 3 is 2.83 bits per heavy atom. The molecule has 5 aromatic rings. The zero-order valence-corrected chi connectivity index (χ0v) is 20.3. The number of fused-ring (bicyclic) bond motifs is 2. The van der Waals surface area contributed by atoms with Gasteiger partial charge in [-0.1, -0.05) is 6.07 Å². The van der Waals surface area contributed by atoms with Gasteiger partial charge in [-0.15, -0.1) is 11.3 Å². The van der Waals surface area contributed by atoms with Crippen molar-refractivity contribution in [3.8, 4) is 6.01 Å². The smallest absolute Gasteiger partial charge is 0.320 e. The summed E-state index contributed by atoms with van der Waals surface area (Å²) in [6, 6.07) is 15.5. The SMILES string of the molecule is Oc1nc(Nc2ccc3ncsc3c2)nc(N(CCN2CCNCC2)c2cccc3ncccc23)n1. The summed E-state index contributed by atoms with van der Waals surface area (Å²) >= 11 is 1.56. The molecule has 10 nitrogen and oxygen atoms in total. The van der Waals surface area contributed by atoms with Crippen LogP contribution in [0.1, 0.15) is 0 Å². The van der Waals surface area contributed by atoms with E-state index in [1.165, 1.54) is 0 Å². The third-order valence-corrected chi connectivity index (χ3v) is 7.00. The summed E-state index contributed by atoms with van der Waals surface area (Å²) in [5, 5.41) is 18.1. The second-order valence-electron chi connectivity index (χ2n) is 8.51. The highest BCUT2D eigenvalue weighted by Crippen LogP contribution is 2.31. The maximum atomic E-state index is 10.5. The van der Waals surface area contributed by atoms with Gasteiger partial charge < -0.3 is 20.6 Å². The number of anilines is 4. The fraction of sp³-hybridized carbons (Fsp3) is 0.240. The fourth-order valence-corrected chi connectivity index (χ4v) is 5.14. The first-order valence-corrected chi connectivity index (χ1v) is 12.7. The second kappa shape index (κ2) is 9.97. The molecule has 3 N–H and O–H groups in total. The van der Waals surface area contributed by atoms with Gasteiger partial charge in [0, 0.05) is 56.5 Å². The first kappa shape index (κ1) is 22.5. The minimum absolute atomic E-state index is 0.270. The molecule has 0 bridgehead atoms. The molecule has 36 heavy (non-hydrogen) atoms. The molecule has 1 aliphatic heterocycles. The van der Waals surface area contributed by atoms with Crippen molar-refractivity contribution in [2.75, 3.05) is 49.5 Å². The quantitative estimate of drug-likeness (QED) is 0.307. The van der Waals surface area contributed by atoms with Crippen molar-refractivity contribution in [3.63, 3.8) is 0 Å². The molecule has 0 aliphatic carbocycles. The van der Waals surface area contributed by atoms with Crippen molar-refractivity contribution in [2.24, 2.45) is 0 Å². The van der Waals surface area contributed by atoms with Crippen LogP contribution < -0.4 is 15.5 Å². The van der Waals surface area contributed by atoms with Gasteiger partial charge in [-0.05, 0) is 42.5 Å². The van der Waals surface area contributed by atoms with Crippen LogP contribution in [0.5, 0.6) is 6.01 Å². The highest BCUT2D eigenvalue weighted by molar-refractivity contribution is 7.16. The maximum absolute atomic E-state index is 10.5.